The monoisotopic (exact) mass is 219 g/mol. The molecule has 1 fully saturated rings. The highest BCUT2D eigenvalue weighted by Crippen LogP contribution is 2.44. The summed E-state index contributed by atoms with van der Waals surface area (Å²) in [5, 5.41) is 2.91. The molecule has 3 heteroatoms. The van der Waals surface area contributed by atoms with Crippen molar-refractivity contribution >= 4 is 5.91 Å². The molecule has 16 heavy (non-hydrogen) atoms. The van der Waals surface area contributed by atoms with E-state index in [0.29, 0.717) is 13.0 Å². The van der Waals surface area contributed by atoms with E-state index >= 15 is 0 Å². The molecule has 84 valence electrons. The third-order valence-electron chi connectivity index (χ3n) is 4.00. The molecule has 1 atom stereocenters. The van der Waals surface area contributed by atoms with Crippen LogP contribution in [0.3, 0.4) is 0 Å². The van der Waals surface area contributed by atoms with E-state index in [2.05, 4.69) is 5.32 Å². The van der Waals surface area contributed by atoms with Crippen LogP contribution in [0.25, 0.3) is 0 Å². The second-order valence-electron chi connectivity index (χ2n) is 4.82. The summed E-state index contributed by atoms with van der Waals surface area (Å²) in [6.07, 6.45) is 3.19. The average Bonchev–Trinajstić information content (AvgIpc) is 2.64. The number of amides is 1. The van der Waals surface area contributed by atoms with Crippen molar-refractivity contribution in [2.24, 2.45) is 0 Å². The standard InChI is InChI=1S/C13H14FNO/c14-11-3-1-2-10-9(11)4-6-13(10)7-5-12(16)15-8-13/h1-3H,4-8H2,(H,15,16). The second-order valence-corrected chi connectivity index (χ2v) is 4.82. The number of benzene rings is 1. The fourth-order valence-electron chi connectivity index (χ4n) is 3.05. The van der Waals surface area contributed by atoms with Gasteiger partial charge in [0.15, 0.2) is 0 Å². The van der Waals surface area contributed by atoms with Crippen molar-refractivity contribution in [3.05, 3.63) is 35.1 Å². The Kier molecular flexibility index (Phi) is 2.03. The van der Waals surface area contributed by atoms with Gasteiger partial charge in [-0.2, -0.15) is 0 Å². The van der Waals surface area contributed by atoms with E-state index in [0.717, 1.165) is 30.4 Å². The van der Waals surface area contributed by atoms with Gasteiger partial charge in [0, 0.05) is 18.4 Å². The van der Waals surface area contributed by atoms with Crippen LogP contribution in [-0.2, 0) is 16.6 Å². The van der Waals surface area contributed by atoms with Crippen LogP contribution in [0.4, 0.5) is 4.39 Å². The predicted octanol–water partition coefficient (Wildman–Crippen LogP) is 1.92. The SMILES string of the molecule is O=C1CCC2(CCc3c(F)cccc32)CN1. The minimum absolute atomic E-state index is 0.00530. The van der Waals surface area contributed by atoms with Crippen LogP contribution in [0.15, 0.2) is 18.2 Å². The minimum atomic E-state index is -0.0914. The Morgan fingerprint density at radius 3 is 2.81 bits per heavy atom. The fourth-order valence-corrected chi connectivity index (χ4v) is 3.05. The number of halogens is 1. The molecule has 1 amide bonds. The Bertz CT molecular complexity index is 445. The third-order valence-corrected chi connectivity index (χ3v) is 4.00. The molecule has 2 nitrogen and oxygen atoms in total. The first-order valence-corrected chi connectivity index (χ1v) is 5.76. The lowest BCUT2D eigenvalue weighted by Crippen LogP contribution is -2.44. The lowest BCUT2D eigenvalue weighted by molar-refractivity contribution is -0.123. The Labute approximate surface area is 93.9 Å². The smallest absolute Gasteiger partial charge is 0.220 e. The zero-order chi connectivity index (χ0) is 11.2. The molecule has 0 aromatic heterocycles. The predicted molar refractivity (Wildman–Crippen MR) is 58.6 cm³/mol. The molecule has 1 aromatic rings. The van der Waals surface area contributed by atoms with Crippen molar-refractivity contribution in [2.75, 3.05) is 6.54 Å². The highest BCUT2D eigenvalue weighted by molar-refractivity contribution is 5.77. The van der Waals surface area contributed by atoms with Gasteiger partial charge in [0.2, 0.25) is 5.91 Å². The lowest BCUT2D eigenvalue weighted by atomic mass is 9.76. The third kappa shape index (κ3) is 1.27. The number of carbonyl (C=O) groups excluding carboxylic acids is 1. The topological polar surface area (TPSA) is 29.1 Å². The van der Waals surface area contributed by atoms with Crippen LogP contribution in [0.5, 0.6) is 0 Å². The van der Waals surface area contributed by atoms with Crippen LogP contribution in [0.1, 0.15) is 30.4 Å². The molecule has 0 saturated carbocycles. The highest BCUT2D eigenvalue weighted by Gasteiger charge is 2.42. The molecule has 0 bridgehead atoms. The number of fused-ring (bicyclic) bond motifs is 2. The van der Waals surface area contributed by atoms with E-state index in [1.807, 2.05) is 6.07 Å². The van der Waals surface area contributed by atoms with Crippen molar-refractivity contribution in [1.29, 1.82) is 0 Å². The molecule has 1 aliphatic carbocycles. The molecule has 1 unspecified atom stereocenters. The molecule has 1 aromatic carbocycles. The quantitative estimate of drug-likeness (QED) is 0.709. The van der Waals surface area contributed by atoms with Crippen molar-refractivity contribution in [2.45, 2.75) is 31.1 Å². The first kappa shape index (κ1) is 9.82. The number of rotatable bonds is 0. The van der Waals surface area contributed by atoms with E-state index in [1.54, 1.807) is 6.07 Å². The van der Waals surface area contributed by atoms with E-state index in [4.69, 9.17) is 0 Å². The van der Waals surface area contributed by atoms with Crippen molar-refractivity contribution in [3.63, 3.8) is 0 Å². The maximum absolute atomic E-state index is 13.6. The summed E-state index contributed by atoms with van der Waals surface area (Å²) in [7, 11) is 0. The number of hydrogen-bond donors (Lipinski definition) is 1. The van der Waals surface area contributed by atoms with Gasteiger partial charge >= 0.3 is 0 Å². The van der Waals surface area contributed by atoms with Crippen LogP contribution in [-0.4, -0.2) is 12.5 Å². The molecule has 1 saturated heterocycles. The molecule has 1 aliphatic heterocycles. The molecule has 1 heterocycles. The summed E-state index contributed by atoms with van der Waals surface area (Å²) >= 11 is 0. The van der Waals surface area contributed by atoms with Gasteiger partial charge in [-0.25, -0.2) is 4.39 Å². The lowest BCUT2D eigenvalue weighted by Gasteiger charge is -2.34. The maximum Gasteiger partial charge on any atom is 0.220 e. The molecule has 0 radical (unpaired) electrons. The highest BCUT2D eigenvalue weighted by atomic mass is 19.1. The summed E-state index contributed by atoms with van der Waals surface area (Å²) in [5.74, 6) is 0.0294. The molecular weight excluding hydrogens is 205 g/mol. The summed E-state index contributed by atoms with van der Waals surface area (Å²) in [4.78, 5) is 11.2. The van der Waals surface area contributed by atoms with Crippen LogP contribution < -0.4 is 5.32 Å². The average molecular weight is 219 g/mol. The Hall–Kier alpha value is -1.38. The maximum atomic E-state index is 13.6. The molecule has 1 spiro atoms. The van der Waals surface area contributed by atoms with E-state index < -0.39 is 0 Å². The van der Waals surface area contributed by atoms with Gasteiger partial charge in [0.05, 0.1) is 0 Å². The number of piperidine rings is 1. The second kappa shape index (κ2) is 3.30. The van der Waals surface area contributed by atoms with Gasteiger partial charge in [0.1, 0.15) is 5.82 Å². The zero-order valence-corrected chi connectivity index (χ0v) is 9.05. The first-order valence-electron chi connectivity index (χ1n) is 5.76. The van der Waals surface area contributed by atoms with E-state index in [-0.39, 0.29) is 17.1 Å². The number of nitrogens with one attached hydrogen (secondary N) is 1. The Morgan fingerprint density at radius 2 is 2.06 bits per heavy atom. The van der Waals surface area contributed by atoms with Crippen molar-refractivity contribution < 1.29 is 9.18 Å². The Balaban J connectivity index is 2.02. The van der Waals surface area contributed by atoms with Crippen molar-refractivity contribution in [3.8, 4) is 0 Å². The van der Waals surface area contributed by atoms with Gasteiger partial charge in [-0.15, -0.1) is 0 Å². The van der Waals surface area contributed by atoms with Gasteiger partial charge in [-0.05, 0) is 36.5 Å². The summed E-state index contributed by atoms with van der Waals surface area (Å²) in [6.45, 7) is 0.669. The summed E-state index contributed by atoms with van der Waals surface area (Å²) < 4.78 is 13.6. The van der Waals surface area contributed by atoms with Crippen molar-refractivity contribution in [1.82, 2.24) is 5.32 Å². The summed E-state index contributed by atoms with van der Waals surface area (Å²) in [5.41, 5.74) is 1.98. The van der Waals surface area contributed by atoms with Gasteiger partial charge in [-0.3, -0.25) is 4.79 Å². The van der Waals surface area contributed by atoms with Crippen LogP contribution >= 0.6 is 0 Å². The zero-order valence-electron chi connectivity index (χ0n) is 9.05. The first-order chi connectivity index (χ1) is 7.71. The molecular formula is C13H14FNO. The molecule has 2 aliphatic rings. The van der Waals surface area contributed by atoms with Gasteiger partial charge < -0.3 is 5.32 Å². The fraction of sp³-hybridized carbons (Fsp3) is 0.462. The van der Waals surface area contributed by atoms with E-state index in [1.165, 1.54) is 6.07 Å². The number of carbonyl (C=O) groups is 1. The summed E-state index contributed by atoms with van der Waals surface area (Å²) in [6, 6.07) is 5.32. The largest absolute Gasteiger partial charge is 0.355 e. The number of hydrogen-bond acceptors (Lipinski definition) is 1. The normalized spacial score (nSPS) is 27.9. The minimum Gasteiger partial charge on any atom is -0.355 e. The molecule has 1 N–H and O–H groups in total. The van der Waals surface area contributed by atoms with E-state index in [9.17, 15) is 9.18 Å². The van der Waals surface area contributed by atoms with Crippen LogP contribution in [0.2, 0.25) is 0 Å². The molecule has 3 rings (SSSR count). The van der Waals surface area contributed by atoms with Gasteiger partial charge in [-0.1, -0.05) is 12.1 Å². The Morgan fingerprint density at radius 1 is 1.25 bits per heavy atom. The van der Waals surface area contributed by atoms with Gasteiger partial charge in [0.25, 0.3) is 0 Å². The van der Waals surface area contributed by atoms with Crippen LogP contribution in [0, 0.1) is 5.82 Å².